The quantitative estimate of drug-likeness (QED) is 0.554. The Kier molecular flexibility index (Phi) is 6.76. The Hall–Kier alpha value is -2.67. The van der Waals surface area contributed by atoms with Crippen molar-refractivity contribution >= 4 is 17.5 Å². The third-order valence-electron chi connectivity index (χ3n) is 6.31. The minimum atomic E-state index is 0.165. The van der Waals surface area contributed by atoms with E-state index >= 15 is 0 Å². The Balaban J connectivity index is 1.26. The zero-order valence-electron chi connectivity index (χ0n) is 18.8. The Labute approximate surface area is 200 Å². The van der Waals surface area contributed by atoms with Crippen molar-refractivity contribution in [2.45, 2.75) is 32.0 Å². The third kappa shape index (κ3) is 6.02. The lowest BCUT2D eigenvalue weighted by Crippen LogP contribution is -2.49. The van der Waals surface area contributed by atoms with Crippen molar-refractivity contribution in [1.29, 1.82) is 0 Å². The second-order valence-corrected chi connectivity index (χ2v) is 9.52. The summed E-state index contributed by atoms with van der Waals surface area (Å²) >= 11 is 6.12. The number of nitrogens with one attached hydrogen (secondary N) is 1. The van der Waals surface area contributed by atoms with E-state index in [9.17, 15) is 4.79 Å². The molecule has 33 heavy (non-hydrogen) atoms. The number of carbonyl (C=O) groups excluding carboxylic acids is 1. The van der Waals surface area contributed by atoms with Gasteiger partial charge in [-0.25, -0.2) is 0 Å². The van der Waals surface area contributed by atoms with Gasteiger partial charge in [-0.1, -0.05) is 54.1 Å². The molecule has 2 aromatic carbocycles. The number of piperazine rings is 1. The second-order valence-electron chi connectivity index (χ2n) is 9.09. The zero-order chi connectivity index (χ0) is 22.6. The molecule has 5 rings (SSSR count). The van der Waals surface area contributed by atoms with Crippen LogP contribution in [0.4, 0.5) is 0 Å². The summed E-state index contributed by atoms with van der Waals surface area (Å²) < 4.78 is 2.03. The Morgan fingerprint density at radius 2 is 1.64 bits per heavy atom. The zero-order valence-corrected chi connectivity index (χ0v) is 19.5. The molecule has 6 nitrogen and oxygen atoms in total. The van der Waals surface area contributed by atoms with Crippen molar-refractivity contribution in [3.8, 4) is 11.3 Å². The number of benzene rings is 2. The highest BCUT2D eigenvalue weighted by molar-refractivity contribution is 6.30. The standard InChI is InChI=1S/C26H30ClN5O/c27-23-8-6-21(7-9-23)26-22(18-32(29-26)16-20-4-2-1-3-5-20)17-30-12-14-31(15-13-30)19-25(33)28-24-10-11-24/h1-9,18,24H,10-17,19H2,(H,28,33). The molecule has 1 aromatic heterocycles. The van der Waals surface area contributed by atoms with Crippen molar-refractivity contribution in [3.05, 3.63) is 76.9 Å². The minimum absolute atomic E-state index is 0.165. The lowest BCUT2D eigenvalue weighted by atomic mass is 10.1. The Bertz CT molecular complexity index is 1070. The van der Waals surface area contributed by atoms with Crippen LogP contribution in [0.5, 0.6) is 0 Å². The first kappa shape index (κ1) is 22.1. The summed E-state index contributed by atoms with van der Waals surface area (Å²) in [4.78, 5) is 16.8. The summed E-state index contributed by atoms with van der Waals surface area (Å²) in [6.07, 6.45) is 4.44. The summed E-state index contributed by atoms with van der Waals surface area (Å²) in [5.74, 6) is 0.165. The van der Waals surface area contributed by atoms with Crippen LogP contribution in [0.1, 0.15) is 24.0 Å². The van der Waals surface area contributed by atoms with Gasteiger partial charge in [0.15, 0.2) is 0 Å². The van der Waals surface area contributed by atoms with Gasteiger partial charge in [-0.2, -0.15) is 5.10 Å². The maximum absolute atomic E-state index is 12.1. The van der Waals surface area contributed by atoms with E-state index < -0.39 is 0 Å². The molecule has 1 saturated heterocycles. The van der Waals surface area contributed by atoms with Crippen LogP contribution in [0.25, 0.3) is 11.3 Å². The van der Waals surface area contributed by atoms with Crippen molar-refractivity contribution in [3.63, 3.8) is 0 Å². The normalized spacial score (nSPS) is 17.2. The molecule has 0 radical (unpaired) electrons. The van der Waals surface area contributed by atoms with E-state index in [1.165, 1.54) is 11.1 Å². The van der Waals surface area contributed by atoms with Crippen LogP contribution >= 0.6 is 11.6 Å². The van der Waals surface area contributed by atoms with Gasteiger partial charge in [0.1, 0.15) is 0 Å². The SMILES string of the molecule is O=C(CN1CCN(Cc2cn(Cc3ccccc3)nc2-c2ccc(Cl)cc2)CC1)NC1CC1. The van der Waals surface area contributed by atoms with Gasteiger partial charge in [0, 0.05) is 61.1 Å². The van der Waals surface area contributed by atoms with E-state index in [1.807, 2.05) is 35.0 Å². The molecule has 3 aromatic rings. The molecule has 1 aliphatic heterocycles. The van der Waals surface area contributed by atoms with Crippen LogP contribution in [0.2, 0.25) is 5.02 Å². The maximum Gasteiger partial charge on any atom is 0.234 e. The molecule has 1 aliphatic carbocycles. The average molecular weight is 464 g/mol. The molecule has 0 spiro atoms. The molecule has 1 amide bonds. The van der Waals surface area contributed by atoms with Crippen LogP contribution < -0.4 is 5.32 Å². The molecule has 0 bridgehead atoms. The summed E-state index contributed by atoms with van der Waals surface area (Å²) in [6, 6.07) is 18.8. The first-order valence-electron chi connectivity index (χ1n) is 11.7. The highest BCUT2D eigenvalue weighted by atomic mass is 35.5. The van der Waals surface area contributed by atoms with Gasteiger partial charge in [0.05, 0.1) is 18.8 Å². The van der Waals surface area contributed by atoms with Gasteiger partial charge in [0.25, 0.3) is 0 Å². The molecule has 1 N–H and O–H groups in total. The third-order valence-corrected chi connectivity index (χ3v) is 6.56. The van der Waals surface area contributed by atoms with E-state index in [0.717, 1.165) is 68.4 Å². The second kappa shape index (κ2) is 10.1. The van der Waals surface area contributed by atoms with E-state index in [0.29, 0.717) is 12.6 Å². The van der Waals surface area contributed by atoms with Crippen molar-refractivity contribution in [1.82, 2.24) is 24.9 Å². The number of hydrogen-bond donors (Lipinski definition) is 1. The maximum atomic E-state index is 12.1. The van der Waals surface area contributed by atoms with Crippen molar-refractivity contribution in [2.75, 3.05) is 32.7 Å². The number of rotatable bonds is 8. The molecule has 1 saturated carbocycles. The predicted molar refractivity (Wildman–Crippen MR) is 131 cm³/mol. The average Bonchev–Trinajstić information content (AvgIpc) is 3.55. The van der Waals surface area contributed by atoms with Gasteiger partial charge in [-0.05, 0) is 30.5 Å². The topological polar surface area (TPSA) is 53.4 Å². The smallest absolute Gasteiger partial charge is 0.234 e. The molecule has 7 heteroatoms. The predicted octanol–water partition coefficient (Wildman–Crippen LogP) is 3.65. The van der Waals surface area contributed by atoms with E-state index in [1.54, 1.807) is 0 Å². The summed E-state index contributed by atoms with van der Waals surface area (Å²) in [7, 11) is 0. The molecule has 2 aliphatic rings. The number of nitrogens with zero attached hydrogens (tertiary/aromatic N) is 4. The van der Waals surface area contributed by atoms with Crippen LogP contribution in [0.15, 0.2) is 60.8 Å². The van der Waals surface area contributed by atoms with Gasteiger partial charge < -0.3 is 5.32 Å². The van der Waals surface area contributed by atoms with Crippen LogP contribution in [-0.4, -0.2) is 64.3 Å². The van der Waals surface area contributed by atoms with Crippen LogP contribution in [-0.2, 0) is 17.9 Å². The number of halogens is 1. The summed E-state index contributed by atoms with van der Waals surface area (Å²) in [5.41, 5.74) is 4.53. The molecule has 0 unspecified atom stereocenters. The number of amides is 1. The van der Waals surface area contributed by atoms with Crippen molar-refractivity contribution < 1.29 is 4.79 Å². The monoisotopic (exact) mass is 463 g/mol. The molecular formula is C26H30ClN5O. The largest absolute Gasteiger partial charge is 0.352 e. The first-order valence-corrected chi connectivity index (χ1v) is 12.1. The van der Waals surface area contributed by atoms with Gasteiger partial charge in [0.2, 0.25) is 5.91 Å². The first-order chi connectivity index (χ1) is 16.1. The number of aromatic nitrogens is 2. The Morgan fingerprint density at radius 3 is 2.33 bits per heavy atom. The van der Waals surface area contributed by atoms with E-state index in [-0.39, 0.29) is 5.91 Å². The molecule has 172 valence electrons. The van der Waals surface area contributed by atoms with Gasteiger partial charge in [-0.15, -0.1) is 0 Å². The fraction of sp³-hybridized carbons (Fsp3) is 0.385. The summed E-state index contributed by atoms with van der Waals surface area (Å²) in [6.45, 7) is 5.80. The van der Waals surface area contributed by atoms with Crippen molar-refractivity contribution in [2.24, 2.45) is 0 Å². The minimum Gasteiger partial charge on any atom is -0.352 e. The number of carbonyl (C=O) groups is 1. The van der Waals surface area contributed by atoms with E-state index in [4.69, 9.17) is 16.7 Å². The fourth-order valence-corrected chi connectivity index (χ4v) is 4.46. The van der Waals surface area contributed by atoms with Gasteiger partial charge in [-0.3, -0.25) is 19.3 Å². The highest BCUT2D eigenvalue weighted by Gasteiger charge is 2.25. The van der Waals surface area contributed by atoms with Gasteiger partial charge >= 0.3 is 0 Å². The summed E-state index contributed by atoms with van der Waals surface area (Å²) in [5, 5.41) is 8.76. The highest BCUT2D eigenvalue weighted by Crippen LogP contribution is 2.26. The Morgan fingerprint density at radius 1 is 0.939 bits per heavy atom. The van der Waals surface area contributed by atoms with Crippen LogP contribution in [0.3, 0.4) is 0 Å². The van der Waals surface area contributed by atoms with E-state index in [2.05, 4.69) is 45.6 Å². The molecule has 0 atom stereocenters. The van der Waals surface area contributed by atoms with Crippen LogP contribution in [0, 0.1) is 0 Å². The molecule has 2 fully saturated rings. The molecular weight excluding hydrogens is 434 g/mol. The lowest BCUT2D eigenvalue weighted by Gasteiger charge is -2.34. The number of hydrogen-bond acceptors (Lipinski definition) is 4. The lowest BCUT2D eigenvalue weighted by molar-refractivity contribution is -0.122. The molecule has 2 heterocycles. The fourth-order valence-electron chi connectivity index (χ4n) is 4.33.